The Kier molecular flexibility index (Phi) is 2.47. The zero-order chi connectivity index (χ0) is 9.14. The molecule has 1 amide bonds. The Morgan fingerprint density at radius 3 is 2.50 bits per heavy atom. The summed E-state index contributed by atoms with van der Waals surface area (Å²) in [7, 11) is 0. The molecule has 4 nitrogen and oxygen atoms in total. The number of amides is 1. The van der Waals surface area contributed by atoms with E-state index in [-0.39, 0.29) is 11.9 Å². The third-order valence-corrected chi connectivity index (χ3v) is 1.81. The zero-order valence-corrected chi connectivity index (χ0v) is 6.78. The highest BCUT2D eigenvalue weighted by Crippen LogP contribution is 2.28. The molecule has 1 fully saturated rings. The highest BCUT2D eigenvalue weighted by atomic mass is 16.4. The molecule has 1 saturated carbocycles. The quantitative estimate of drug-likeness (QED) is 0.591. The van der Waals surface area contributed by atoms with Crippen molar-refractivity contribution < 1.29 is 14.7 Å². The molecule has 0 aliphatic heterocycles. The minimum absolute atomic E-state index is 0.246. The van der Waals surface area contributed by atoms with E-state index in [2.05, 4.69) is 5.32 Å². The number of hydrogen-bond acceptors (Lipinski definition) is 2. The topological polar surface area (TPSA) is 66.4 Å². The molecule has 0 spiro atoms. The summed E-state index contributed by atoms with van der Waals surface area (Å²) in [5.41, 5.74) is 0. The predicted octanol–water partition coefficient (Wildman–Crippen LogP) is 0.152. The van der Waals surface area contributed by atoms with Crippen molar-refractivity contribution >= 4 is 11.9 Å². The van der Waals surface area contributed by atoms with Gasteiger partial charge in [-0.05, 0) is 12.3 Å². The highest BCUT2D eigenvalue weighted by molar-refractivity contribution is 5.94. The summed E-state index contributed by atoms with van der Waals surface area (Å²) in [5, 5.41) is 10.9. The molecule has 12 heavy (non-hydrogen) atoms. The van der Waals surface area contributed by atoms with Gasteiger partial charge in [0.05, 0.1) is 0 Å². The third kappa shape index (κ3) is 2.74. The third-order valence-electron chi connectivity index (χ3n) is 1.81. The lowest BCUT2D eigenvalue weighted by Crippen LogP contribution is -2.24. The van der Waals surface area contributed by atoms with Crippen LogP contribution in [0.25, 0.3) is 0 Å². The van der Waals surface area contributed by atoms with Gasteiger partial charge in [0.2, 0.25) is 5.91 Å². The lowest BCUT2D eigenvalue weighted by molar-refractivity contribution is -0.131. The molecule has 0 aromatic rings. The van der Waals surface area contributed by atoms with Gasteiger partial charge in [0, 0.05) is 18.2 Å². The van der Waals surface area contributed by atoms with Crippen LogP contribution in [0.1, 0.15) is 13.3 Å². The van der Waals surface area contributed by atoms with Crippen LogP contribution in [0.2, 0.25) is 0 Å². The first kappa shape index (κ1) is 8.77. The van der Waals surface area contributed by atoms with Gasteiger partial charge in [-0.15, -0.1) is 0 Å². The Hall–Kier alpha value is -1.32. The van der Waals surface area contributed by atoms with Crippen LogP contribution in [-0.4, -0.2) is 23.0 Å². The summed E-state index contributed by atoms with van der Waals surface area (Å²) >= 11 is 0. The van der Waals surface area contributed by atoms with Crippen molar-refractivity contribution in [2.24, 2.45) is 5.92 Å². The van der Waals surface area contributed by atoms with E-state index in [1.807, 2.05) is 6.92 Å². The number of rotatable bonds is 3. The second kappa shape index (κ2) is 3.38. The first-order valence-electron chi connectivity index (χ1n) is 3.81. The first-order chi connectivity index (χ1) is 5.59. The first-order valence-corrected chi connectivity index (χ1v) is 3.81. The fourth-order valence-corrected chi connectivity index (χ4v) is 0.901. The van der Waals surface area contributed by atoms with E-state index >= 15 is 0 Å². The number of carboxylic acids is 1. The molecule has 0 aromatic heterocycles. The molecule has 0 bridgehead atoms. The molecule has 1 aliphatic rings. The fraction of sp³-hybridized carbons (Fsp3) is 0.500. The lowest BCUT2D eigenvalue weighted by atomic mass is 10.4. The van der Waals surface area contributed by atoms with Gasteiger partial charge < -0.3 is 10.4 Å². The second-order valence-electron chi connectivity index (χ2n) is 3.00. The number of aliphatic carboxylic acids is 1. The van der Waals surface area contributed by atoms with E-state index in [0.29, 0.717) is 5.92 Å². The fourth-order valence-electron chi connectivity index (χ4n) is 0.901. The number of hydrogen-bond donors (Lipinski definition) is 2. The van der Waals surface area contributed by atoms with Crippen molar-refractivity contribution in [3.8, 4) is 0 Å². The van der Waals surface area contributed by atoms with Gasteiger partial charge in [0.15, 0.2) is 0 Å². The largest absolute Gasteiger partial charge is 0.478 e. The van der Waals surface area contributed by atoms with Gasteiger partial charge in [0.1, 0.15) is 0 Å². The SMILES string of the molecule is CC1CC1NC(=O)/C=C/C(=O)O. The summed E-state index contributed by atoms with van der Waals surface area (Å²) in [4.78, 5) is 20.9. The summed E-state index contributed by atoms with van der Waals surface area (Å²) in [6.07, 6.45) is 2.86. The molecule has 2 unspecified atom stereocenters. The maximum Gasteiger partial charge on any atom is 0.328 e. The van der Waals surface area contributed by atoms with Crippen LogP contribution in [0.15, 0.2) is 12.2 Å². The Balaban J connectivity index is 2.25. The summed E-state index contributed by atoms with van der Waals surface area (Å²) in [5.74, 6) is -0.895. The lowest BCUT2D eigenvalue weighted by Gasteiger charge is -1.96. The Labute approximate surface area is 70.3 Å². The Morgan fingerprint density at radius 2 is 2.08 bits per heavy atom. The summed E-state index contributed by atoms with van der Waals surface area (Å²) < 4.78 is 0. The summed E-state index contributed by atoms with van der Waals surface area (Å²) in [6, 6.07) is 0.246. The molecular weight excluding hydrogens is 158 g/mol. The van der Waals surface area contributed by atoms with E-state index in [1.165, 1.54) is 0 Å². The van der Waals surface area contributed by atoms with E-state index in [4.69, 9.17) is 5.11 Å². The monoisotopic (exact) mass is 169 g/mol. The maximum atomic E-state index is 10.9. The second-order valence-corrected chi connectivity index (χ2v) is 3.00. The maximum absolute atomic E-state index is 10.9. The van der Waals surface area contributed by atoms with Gasteiger partial charge >= 0.3 is 5.97 Å². The predicted molar refractivity (Wildman–Crippen MR) is 42.5 cm³/mol. The summed E-state index contributed by atoms with van der Waals surface area (Å²) in [6.45, 7) is 2.03. The van der Waals surface area contributed by atoms with E-state index < -0.39 is 5.97 Å². The van der Waals surface area contributed by atoms with Crippen LogP contribution in [0.5, 0.6) is 0 Å². The van der Waals surface area contributed by atoms with Gasteiger partial charge in [-0.1, -0.05) is 6.92 Å². The molecule has 2 N–H and O–H groups in total. The molecular formula is C8H11NO3. The van der Waals surface area contributed by atoms with E-state index in [0.717, 1.165) is 18.6 Å². The molecule has 66 valence electrons. The van der Waals surface area contributed by atoms with Crippen molar-refractivity contribution in [2.45, 2.75) is 19.4 Å². The number of carbonyl (C=O) groups excluding carboxylic acids is 1. The molecule has 4 heteroatoms. The van der Waals surface area contributed by atoms with Crippen molar-refractivity contribution in [3.05, 3.63) is 12.2 Å². The molecule has 0 heterocycles. The average molecular weight is 169 g/mol. The number of carbonyl (C=O) groups is 2. The molecule has 1 rings (SSSR count). The van der Waals surface area contributed by atoms with Gasteiger partial charge in [-0.2, -0.15) is 0 Å². The molecule has 0 aromatic carbocycles. The van der Waals surface area contributed by atoms with Crippen LogP contribution >= 0.6 is 0 Å². The van der Waals surface area contributed by atoms with E-state index in [1.54, 1.807) is 0 Å². The van der Waals surface area contributed by atoms with Crippen molar-refractivity contribution in [1.29, 1.82) is 0 Å². The van der Waals surface area contributed by atoms with Crippen molar-refractivity contribution in [1.82, 2.24) is 5.32 Å². The molecule has 1 aliphatic carbocycles. The smallest absolute Gasteiger partial charge is 0.328 e. The number of nitrogens with one attached hydrogen (secondary N) is 1. The van der Waals surface area contributed by atoms with Crippen LogP contribution in [0, 0.1) is 5.92 Å². The standard InChI is InChI=1S/C8H11NO3/c1-5-4-6(5)9-7(10)2-3-8(11)12/h2-3,5-6H,4H2,1H3,(H,9,10)(H,11,12)/b3-2+. The minimum atomic E-state index is -1.10. The minimum Gasteiger partial charge on any atom is -0.478 e. The van der Waals surface area contributed by atoms with Crippen LogP contribution < -0.4 is 5.32 Å². The molecule has 0 radical (unpaired) electrons. The van der Waals surface area contributed by atoms with Crippen molar-refractivity contribution in [2.75, 3.05) is 0 Å². The van der Waals surface area contributed by atoms with Crippen LogP contribution in [0.4, 0.5) is 0 Å². The van der Waals surface area contributed by atoms with Gasteiger partial charge in [-0.25, -0.2) is 4.79 Å². The molecule has 0 saturated heterocycles. The van der Waals surface area contributed by atoms with Crippen molar-refractivity contribution in [3.63, 3.8) is 0 Å². The van der Waals surface area contributed by atoms with Gasteiger partial charge in [-0.3, -0.25) is 4.79 Å². The number of carboxylic acid groups (broad SMARTS) is 1. The normalized spacial score (nSPS) is 27.1. The zero-order valence-electron chi connectivity index (χ0n) is 6.78. The highest BCUT2D eigenvalue weighted by Gasteiger charge is 2.33. The van der Waals surface area contributed by atoms with Crippen LogP contribution in [-0.2, 0) is 9.59 Å². The average Bonchev–Trinajstić information content (AvgIpc) is 2.62. The molecule has 2 atom stereocenters. The van der Waals surface area contributed by atoms with Crippen LogP contribution in [0.3, 0.4) is 0 Å². The van der Waals surface area contributed by atoms with Gasteiger partial charge in [0.25, 0.3) is 0 Å². The van der Waals surface area contributed by atoms with E-state index in [9.17, 15) is 9.59 Å². The Bertz CT molecular complexity index is 234. The Morgan fingerprint density at radius 1 is 1.50 bits per heavy atom.